The monoisotopic (exact) mass is 310 g/mol. The molecule has 0 fully saturated rings. The molecule has 1 aromatic carbocycles. The van der Waals surface area contributed by atoms with Crippen molar-refractivity contribution in [2.24, 2.45) is 0 Å². The van der Waals surface area contributed by atoms with Gasteiger partial charge in [0.05, 0.1) is 22.7 Å². The highest BCUT2D eigenvalue weighted by atomic mass is 16.6. The lowest BCUT2D eigenvalue weighted by atomic mass is 10.1. The Balaban J connectivity index is 2.12. The molecule has 2 aromatic rings. The Morgan fingerprint density at radius 2 is 1.96 bits per heavy atom. The Morgan fingerprint density at radius 3 is 2.52 bits per heavy atom. The van der Waals surface area contributed by atoms with Crippen LogP contribution in [0.1, 0.15) is 11.1 Å². The number of non-ortho nitro benzene ring substituents is 1. The SMILES string of the molecule is N#Cc1c(N)nc2c(c1N)CC(=O)N2c1ccc([N+](=O)[O-])cc1. The van der Waals surface area contributed by atoms with E-state index in [0.29, 0.717) is 11.3 Å². The van der Waals surface area contributed by atoms with Gasteiger partial charge in [-0.25, -0.2) is 4.98 Å². The molecule has 0 saturated carbocycles. The normalized spacial score (nSPS) is 12.8. The Kier molecular flexibility index (Phi) is 3.08. The number of rotatable bonds is 2. The van der Waals surface area contributed by atoms with Gasteiger partial charge in [-0.05, 0) is 12.1 Å². The second kappa shape index (κ2) is 4.96. The Bertz CT molecular complexity index is 885. The predicted octanol–water partition coefficient (Wildman–Crippen LogP) is 1.25. The quantitative estimate of drug-likeness (QED) is 0.625. The summed E-state index contributed by atoms with van der Waals surface area (Å²) in [5.41, 5.74) is 12.5. The third-order valence-corrected chi connectivity index (χ3v) is 3.57. The zero-order valence-electron chi connectivity index (χ0n) is 11.7. The number of benzene rings is 1. The standard InChI is InChI=1S/C14H10N6O3/c15-6-10-12(16)9-5-11(21)19(14(9)18-13(10)17)7-1-3-8(4-2-7)20(22)23/h1-4H,5H2,(H4,16,17,18). The van der Waals surface area contributed by atoms with Crippen LogP contribution in [0.25, 0.3) is 0 Å². The number of nitrogens with zero attached hydrogens (tertiary/aromatic N) is 4. The van der Waals surface area contributed by atoms with E-state index < -0.39 is 4.92 Å². The third-order valence-electron chi connectivity index (χ3n) is 3.57. The predicted molar refractivity (Wildman–Crippen MR) is 81.7 cm³/mol. The van der Waals surface area contributed by atoms with Crippen LogP contribution in [0.4, 0.5) is 28.7 Å². The van der Waals surface area contributed by atoms with Gasteiger partial charge in [0.25, 0.3) is 5.69 Å². The van der Waals surface area contributed by atoms with Gasteiger partial charge in [0.2, 0.25) is 5.91 Å². The van der Waals surface area contributed by atoms with Gasteiger partial charge < -0.3 is 11.5 Å². The maximum Gasteiger partial charge on any atom is 0.269 e. The maximum atomic E-state index is 12.3. The van der Waals surface area contributed by atoms with Crippen molar-refractivity contribution >= 4 is 34.6 Å². The summed E-state index contributed by atoms with van der Waals surface area (Å²) < 4.78 is 0. The lowest BCUT2D eigenvalue weighted by Gasteiger charge is -2.17. The lowest BCUT2D eigenvalue weighted by Crippen LogP contribution is -2.21. The molecular formula is C14H10N6O3. The van der Waals surface area contributed by atoms with Crippen LogP contribution in [0.2, 0.25) is 0 Å². The molecule has 1 amide bonds. The van der Waals surface area contributed by atoms with Crippen LogP contribution in [0.15, 0.2) is 24.3 Å². The number of pyridine rings is 1. The first-order chi connectivity index (χ1) is 10.9. The molecule has 1 aromatic heterocycles. The summed E-state index contributed by atoms with van der Waals surface area (Å²) in [6, 6.07) is 7.33. The highest BCUT2D eigenvalue weighted by Crippen LogP contribution is 2.39. The van der Waals surface area contributed by atoms with E-state index in [0.717, 1.165) is 0 Å². The molecule has 2 heterocycles. The fourth-order valence-corrected chi connectivity index (χ4v) is 2.46. The highest BCUT2D eigenvalue weighted by Gasteiger charge is 2.34. The molecular weight excluding hydrogens is 300 g/mol. The molecule has 1 aliphatic rings. The Morgan fingerprint density at radius 1 is 1.30 bits per heavy atom. The van der Waals surface area contributed by atoms with Crippen molar-refractivity contribution < 1.29 is 9.72 Å². The minimum absolute atomic E-state index is 0.0138. The number of amides is 1. The molecule has 3 rings (SSSR count). The van der Waals surface area contributed by atoms with Crippen LogP contribution in [-0.2, 0) is 11.2 Å². The largest absolute Gasteiger partial charge is 0.397 e. The zero-order valence-corrected chi connectivity index (χ0v) is 11.7. The van der Waals surface area contributed by atoms with Gasteiger partial charge in [0.15, 0.2) is 0 Å². The van der Waals surface area contributed by atoms with Gasteiger partial charge in [-0.15, -0.1) is 0 Å². The summed E-state index contributed by atoms with van der Waals surface area (Å²) in [6.45, 7) is 0. The minimum Gasteiger partial charge on any atom is -0.397 e. The number of carbonyl (C=O) groups excluding carboxylic acids is 1. The fraction of sp³-hybridized carbons (Fsp3) is 0.0714. The first-order valence-electron chi connectivity index (χ1n) is 6.49. The van der Waals surface area contributed by atoms with Gasteiger partial charge in [0.1, 0.15) is 23.3 Å². The van der Waals surface area contributed by atoms with Crippen molar-refractivity contribution in [2.45, 2.75) is 6.42 Å². The highest BCUT2D eigenvalue weighted by molar-refractivity contribution is 6.08. The first-order valence-corrected chi connectivity index (χ1v) is 6.49. The molecule has 0 bridgehead atoms. The van der Waals surface area contributed by atoms with Crippen molar-refractivity contribution in [3.63, 3.8) is 0 Å². The van der Waals surface area contributed by atoms with Crippen molar-refractivity contribution in [1.82, 2.24) is 4.98 Å². The van der Waals surface area contributed by atoms with Crippen LogP contribution in [-0.4, -0.2) is 15.8 Å². The molecule has 1 aliphatic heterocycles. The van der Waals surface area contributed by atoms with Gasteiger partial charge in [-0.3, -0.25) is 19.8 Å². The van der Waals surface area contributed by atoms with Crippen LogP contribution in [0.5, 0.6) is 0 Å². The number of anilines is 4. The van der Waals surface area contributed by atoms with Crippen molar-refractivity contribution in [3.8, 4) is 6.07 Å². The summed E-state index contributed by atoms with van der Waals surface area (Å²) in [6.07, 6.45) is -0.0138. The van der Waals surface area contributed by atoms with Crippen LogP contribution in [0.3, 0.4) is 0 Å². The molecule has 0 saturated heterocycles. The lowest BCUT2D eigenvalue weighted by molar-refractivity contribution is -0.384. The van der Waals surface area contributed by atoms with Gasteiger partial charge in [-0.2, -0.15) is 5.26 Å². The summed E-state index contributed by atoms with van der Waals surface area (Å²) in [5.74, 6) is -0.120. The summed E-state index contributed by atoms with van der Waals surface area (Å²) in [7, 11) is 0. The minimum atomic E-state index is -0.531. The summed E-state index contributed by atoms with van der Waals surface area (Å²) in [4.78, 5) is 27.8. The topological polar surface area (TPSA) is 152 Å². The van der Waals surface area contributed by atoms with Crippen LogP contribution >= 0.6 is 0 Å². The van der Waals surface area contributed by atoms with E-state index in [2.05, 4.69) is 4.98 Å². The summed E-state index contributed by atoms with van der Waals surface area (Å²) in [5, 5.41) is 19.8. The smallest absolute Gasteiger partial charge is 0.269 e. The molecule has 0 aliphatic carbocycles. The number of nitro benzene ring substituents is 1. The van der Waals surface area contributed by atoms with E-state index in [4.69, 9.17) is 16.7 Å². The molecule has 0 radical (unpaired) electrons. The van der Waals surface area contributed by atoms with E-state index in [-0.39, 0.29) is 40.9 Å². The molecule has 9 heteroatoms. The molecule has 114 valence electrons. The number of fused-ring (bicyclic) bond motifs is 1. The Labute approximate surface area is 129 Å². The number of nitrogens with two attached hydrogens (primary N) is 2. The average Bonchev–Trinajstić information content (AvgIpc) is 2.84. The number of nitriles is 1. The molecule has 0 atom stereocenters. The van der Waals surface area contributed by atoms with Crippen molar-refractivity contribution in [1.29, 1.82) is 5.26 Å². The van der Waals surface area contributed by atoms with Crippen molar-refractivity contribution in [2.75, 3.05) is 16.4 Å². The van der Waals surface area contributed by atoms with E-state index >= 15 is 0 Å². The summed E-state index contributed by atoms with van der Waals surface area (Å²) >= 11 is 0. The number of nitro groups is 1. The number of nitrogen functional groups attached to an aromatic ring is 2. The van der Waals surface area contributed by atoms with Gasteiger partial charge in [-0.1, -0.05) is 0 Å². The number of carbonyl (C=O) groups is 1. The van der Waals surface area contributed by atoms with E-state index in [1.807, 2.05) is 6.07 Å². The third kappa shape index (κ3) is 2.09. The van der Waals surface area contributed by atoms with E-state index in [1.54, 1.807) is 0 Å². The Hall–Kier alpha value is -3.67. The van der Waals surface area contributed by atoms with E-state index in [1.165, 1.54) is 29.2 Å². The average molecular weight is 310 g/mol. The number of hydrogen-bond acceptors (Lipinski definition) is 7. The molecule has 23 heavy (non-hydrogen) atoms. The van der Waals surface area contributed by atoms with Gasteiger partial charge in [0, 0.05) is 17.7 Å². The van der Waals surface area contributed by atoms with Crippen molar-refractivity contribution in [3.05, 3.63) is 45.5 Å². The van der Waals surface area contributed by atoms with E-state index in [9.17, 15) is 14.9 Å². The molecule has 4 N–H and O–H groups in total. The maximum absolute atomic E-state index is 12.3. The number of aromatic nitrogens is 1. The fourth-order valence-electron chi connectivity index (χ4n) is 2.46. The molecule has 0 unspecified atom stereocenters. The van der Waals surface area contributed by atoms with Crippen LogP contribution < -0.4 is 16.4 Å². The molecule has 0 spiro atoms. The zero-order chi connectivity index (χ0) is 16.7. The number of hydrogen-bond donors (Lipinski definition) is 2. The van der Waals surface area contributed by atoms with Crippen LogP contribution in [0, 0.1) is 21.4 Å². The van der Waals surface area contributed by atoms with Gasteiger partial charge >= 0.3 is 0 Å². The molecule has 9 nitrogen and oxygen atoms in total. The first kappa shape index (κ1) is 14.3. The second-order valence-corrected chi connectivity index (χ2v) is 4.88. The second-order valence-electron chi connectivity index (χ2n) is 4.88.